The molecule has 32 heavy (non-hydrogen) atoms. The molecule has 0 aliphatic heterocycles. The van der Waals surface area contributed by atoms with Gasteiger partial charge in [-0.3, -0.25) is 13.9 Å². The lowest BCUT2D eigenvalue weighted by atomic mass is 10.1. The van der Waals surface area contributed by atoms with Crippen LogP contribution < -0.4 is 9.62 Å². The minimum Gasteiger partial charge on any atom is -0.355 e. The first-order valence-corrected chi connectivity index (χ1v) is 12.6. The summed E-state index contributed by atoms with van der Waals surface area (Å²) in [6.45, 7) is 5.07. The van der Waals surface area contributed by atoms with Gasteiger partial charge in [0, 0.05) is 28.7 Å². The predicted octanol–water partition coefficient (Wildman–Crippen LogP) is 3.62. The Hall–Kier alpha value is -2.29. The number of halogens is 2. The highest BCUT2D eigenvalue weighted by Gasteiger charge is 2.30. The summed E-state index contributed by atoms with van der Waals surface area (Å²) >= 11 is 12.6. The van der Waals surface area contributed by atoms with Crippen molar-refractivity contribution in [2.45, 2.75) is 33.4 Å². The molecule has 0 aliphatic rings. The maximum Gasteiger partial charge on any atom is 0.244 e. The summed E-state index contributed by atoms with van der Waals surface area (Å²) in [4.78, 5) is 27.2. The summed E-state index contributed by atoms with van der Waals surface area (Å²) in [5.74, 6) is -0.934. The molecule has 1 N–H and O–H groups in total. The van der Waals surface area contributed by atoms with Crippen molar-refractivity contribution < 1.29 is 18.0 Å². The third kappa shape index (κ3) is 6.60. The van der Waals surface area contributed by atoms with Crippen molar-refractivity contribution in [3.63, 3.8) is 0 Å². The standard InChI is InChI=1S/C22H27Cl2N3O4S/c1-5-25-22(29)16(3)26(13-18-19(23)7-6-8-20(18)24)21(28)14-27(32(4,30)31)17-11-9-15(2)10-12-17/h6-12,16H,5,13-14H2,1-4H3,(H,25,29). The van der Waals surface area contributed by atoms with Crippen molar-refractivity contribution in [1.82, 2.24) is 10.2 Å². The summed E-state index contributed by atoms with van der Waals surface area (Å²) < 4.78 is 26.0. The number of nitrogens with one attached hydrogen (secondary N) is 1. The SMILES string of the molecule is CCNC(=O)C(C)N(Cc1c(Cl)cccc1Cl)C(=O)CN(c1ccc(C)cc1)S(C)(=O)=O. The molecule has 1 atom stereocenters. The number of aryl methyl sites for hydroxylation is 1. The first kappa shape index (κ1) is 26.0. The Balaban J connectivity index is 2.43. The van der Waals surface area contributed by atoms with E-state index in [1.807, 2.05) is 6.92 Å². The molecule has 1 unspecified atom stereocenters. The number of benzene rings is 2. The predicted molar refractivity (Wildman–Crippen MR) is 129 cm³/mol. The number of anilines is 1. The maximum atomic E-state index is 13.4. The Morgan fingerprint density at radius 3 is 2.12 bits per heavy atom. The second-order valence-corrected chi connectivity index (χ2v) is 10.1. The van der Waals surface area contributed by atoms with Crippen LogP contribution in [0.5, 0.6) is 0 Å². The second-order valence-electron chi connectivity index (χ2n) is 7.40. The van der Waals surface area contributed by atoms with E-state index in [2.05, 4.69) is 5.32 Å². The highest BCUT2D eigenvalue weighted by atomic mass is 35.5. The largest absolute Gasteiger partial charge is 0.355 e. The molecule has 0 aliphatic carbocycles. The van der Waals surface area contributed by atoms with Crippen LogP contribution in [0.4, 0.5) is 5.69 Å². The summed E-state index contributed by atoms with van der Waals surface area (Å²) in [7, 11) is -3.77. The zero-order valence-electron chi connectivity index (χ0n) is 18.4. The van der Waals surface area contributed by atoms with Crippen LogP contribution in [0.2, 0.25) is 10.0 Å². The highest BCUT2D eigenvalue weighted by molar-refractivity contribution is 7.92. The van der Waals surface area contributed by atoms with Crippen molar-refractivity contribution in [3.05, 3.63) is 63.6 Å². The van der Waals surface area contributed by atoms with Crippen LogP contribution in [-0.4, -0.2) is 50.5 Å². The third-order valence-electron chi connectivity index (χ3n) is 4.91. The zero-order valence-corrected chi connectivity index (χ0v) is 20.8. The van der Waals surface area contributed by atoms with Gasteiger partial charge in [-0.25, -0.2) is 8.42 Å². The van der Waals surface area contributed by atoms with E-state index in [1.165, 1.54) is 4.90 Å². The zero-order chi connectivity index (χ0) is 24.1. The maximum absolute atomic E-state index is 13.4. The van der Waals surface area contributed by atoms with E-state index in [1.54, 1.807) is 56.3 Å². The molecular weight excluding hydrogens is 473 g/mol. The molecule has 7 nitrogen and oxygen atoms in total. The fourth-order valence-corrected chi connectivity index (χ4v) is 4.45. The van der Waals surface area contributed by atoms with E-state index in [0.29, 0.717) is 27.8 Å². The fraction of sp³-hybridized carbons (Fsp3) is 0.364. The average molecular weight is 500 g/mol. The van der Waals surface area contributed by atoms with Crippen molar-refractivity contribution in [2.24, 2.45) is 0 Å². The van der Waals surface area contributed by atoms with Gasteiger partial charge in [0.2, 0.25) is 21.8 Å². The van der Waals surface area contributed by atoms with E-state index in [4.69, 9.17) is 23.2 Å². The van der Waals surface area contributed by atoms with Crippen molar-refractivity contribution in [3.8, 4) is 0 Å². The van der Waals surface area contributed by atoms with Gasteiger partial charge in [0.15, 0.2) is 0 Å². The Morgan fingerprint density at radius 1 is 1.06 bits per heavy atom. The molecule has 10 heteroatoms. The molecule has 2 aromatic rings. The number of carbonyl (C=O) groups is 2. The molecule has 2 amide bonds. The van der Waals surface area contributed by atoms with E-state index in [-0.39, 0.29) is 12.5 Å². The van der Waals surface area contributed by atoms with Crippen molar-refractivity contribution >= 4 is 50.7 Å². The number of carbonyl (C=O) groups excluding carboxylic acids is 2. The Morgan fingerprint density at radius 2 is 1.62 bits per heavy atom. The Labute approximate surface area is 199 Å². The first-order valence-electron chi connectivity index (χ1n) is 10.00. The van der Waals surface area contributed by atoms with E-state index < -0.39 is 28.5 Å². The van der Waals surface area contributed by atoms with Gasteiger partial charge in [-0.2, -0.15) is 0 Å². The van der Waals surface area contributed by atoms with E-state index in [0.717, 1.165) is 16.1 Å². The van der Waals surface area contributed by atoms with E-state index in [9.17, 15) is 18.0 Å². The van der Waals surface area contributed by atoms with Crippen LogP contribution in [0.15, 0.2) is 42.5 Å². The van der Waals surface area contributed by atoms with Crippen LogP contribution in [0.25, 0.3) is 0 Å². The number of hydrogen-bond donors (Lipinski definition) is 1. The number of likely N-dealkylation sites (N-methyl/N-ethyl adjacent to an activating group) is 1. The molecule has 0 saturated heterocycles. The van der Waals surface area contributed by atoms with E-state index >= 15 is 0 Å². The van der Waals surface area contributed by atoms with Crippen molar-refractivity contribution in [1.29, 1.82) is 0 Å². The molecule has 0 fully saturated rings. The average Bonchev–Trinajstić information content (AvgIpc) is 2.71. The molecule has 0 spiro atoms. The lowest BCUT2D eigenvalue weighted by molar-refractivity contribution is -0.139. The molecule has 174 valence electrons. The summed E-state index contributed by atoms with van der Waals surface area (Å²) in [6.07, 6.45) is 1.03. The van der Waals surface area contributed by atoms with Gasteiger partial charge < -0.3 is 10.2 Å². The van der Waals surface area contributed by atoms with Crippen LogP contribution in [0, 0.1) is 6.92 Å². The van der Waals surface area contributed by atoms with Gasteiger partial charge >= 0.3 is 0 Å². The molecular formula is C22H27Cl2N3O4S. The van der Waals surface area contributed by atoms with Gasteiger partial charge in [-0.1, -0.05) is 47.0 Å². The molecule has 0 radical (unpaired) electrons. The van der Waals surface area contributed by atoms with Gasteiger partial charge in [-0.15, -0.1) is 0 Å². The Bertz CT molecular complexity index is 1050. The van der Waals surface area contributed by atoms with Crippen molar-refractivity contribution in [2.75, 3.05) is 23.7 Å². The summed E-state index contributed by atoms with van der Waals surface area (Å²) in [5, 5.41) is 3.38. The second kappa shape index (κ2) is 11.0. The highest BCUT2D eigenvalue weighted by Crippen LogP contribution is 2.27. The van der Waals surface area contributed by atoms with Gasteiger partial charge in [0.25, 0.3) is 0 Å². The normalized spacial score (nSPS) is 12.2. The van der Waals surface area contributed by atoms with Crippen LogP contribution in [-0.2, 0) is 26.2 Å². The first-order chi connectivity index (χ1) is 15.0. The van der Waals surface area contributed by atoms with Crippen LogP contribution in [0.3, 0.4) is 0 Å². The lowest BCUT2D eigenvalue weighted by Gasteiger charge is -2.31. The fourth-order valence-electron chi connectivity index (χ4n) is 3.08. The van der Waals surface area contributed by atoms with Gasteiger partial charge in [-0.05, 0) is 45.0 Å². The molecule has 0 heterocycles. The number of amides is 2. The minimum absolute atomic E-state index is 0.0544. The summed E-state index contributed by atoms with van der Waals surface area (Å²) in [5.41, 5.74) is 1.78. The topological polar surface area (TPSA) is 86.8 Å². The lowest BCUT2D eigenvalue weighted by Crippen LogP contribution is -2.51. The minimum atomic E-state index is -3.77. The quantitative estimate of drug-likeness (QED) is 0.570. The van der Waals surface area contributed by atoms with Crippen LogP contribution >= 0.6 is 23.2 Å². The number of rotatable bonds is 9. The molecule has 0 saturated carbocycles. The number of nitrogens with zero attached hydrogens (tertiary/aromatic N) is 2. The van der Waals surface area contributed by atoms with Crippen LogP contribution in [0.1, 0.15) is 25.0 Å². The Kier molecular flexibility index (Phi) is 8.95. The molecule has 0 bridgehead atoms. The third-order valence-corrected chi connectivity index (χ3v) is 6.76. The molecule has 0 aromatic heterocycles. The smallest absolute Gasteiger partial charge is 0.244 e. The van der Waals surface area contributed by atoms with Gasteiger partial charge in [0.05, 0.1) is 11.9 Å². The molecule has 2 rings (SSSR count). The van der Waals surface area contributed by atoms with Gasteiger partial charge in [0.1, 0.15) is 12.6 Å². The number of hydrogen-bond acceptors (Lipinski definition) is 4. The summed E-state index contributed by atoms with van der Waals surface area (Å²) in [6, 6.07) is 10.9. The monoisotopic (exact) mass is 499 g/mol. The molecule has 2 aromatic carbocycles. The number of sulfonamides is 1.